The van der Waals surface area contributed by atoms with E-state index in [9.17, 15) is 4.79 Å². The Bertz CT molecular complexity index is 596. The summed E-state index contributed by atoms with van der Waals surface area (Å²) in [6.45, 7) is 1.94. The molecule has 1 unspecified atom stereocenters. The monoisotopic (exact) mass is 305 g/mol. The van der Waals surface area contributed by atoms with Gasteiger partial charge in [-0.2, -0.15) is 0 Å². The summed E-state index contributed by atoms with van der Waals surface area (Å²) in [7, 11) is 3.22. The molecule has 0 bridgehead atoms. The van der Waals surface area contributed by atoms with E-state index in [-0.39, 0.29) is 11.9 Å². The Morgan fingerprint density at radius 3 is 2.71 bits per heavy atom. The van der Waals surface area contributed by atoms with Crippen LogP contribution in [0.2, 0.25) is 0 Å². The third kappa shape index (κ3) is 3.98. The molecule has 2 aromatic rings. The van der Waals surface area contributed by atoms with Crippen LogP contribution in [0.1, 0.15) is 23.4 Å². The van der Waals surface area contributed by atoms with Gasteiger partial charge in [-0.15, -0.1) is 11.3 Å². The predicted octanol–water partition coefficient (Wildman–Crippen LogP) is 3.19. The first kappa shape index (κ1) is 15.4. The zero-order valence-electron chi connectivity index (χ0n) is 12.4. The number of benzene rings is 1. The molecule has 0 fully saturated rings. The molecule has 0 aliphatic carbocycles. The number of nitrogens with one attached hydrogen (secondary N) is 1. The van der Waals surface area contributed by atoms with Gasteiger partial charge in [-0.1, -0.05) is 6.07 Å². The fraction of sp³-hybridized carbons (Fsp3) is 0.312. The maximum Gasteiger partial charge on any atom is 0.225 e. The van der Waals surface area contributed by atoms with Gasteiger partial charge in [-0.25, -0.2) is 0 Å². The predicted molar refractivity (Wildman–Crippen MR) is 84.1 cm³/mol. The maximum atomic E-state index is 12.0. The molecule has 1 aromatic carbocycles. The molecule has 21 heavy (non-hydrogen) atoms. The molecule has 0 aliphatic heterocycles. The fourth-order valence-electron chi connectivity index (χ4n) is 2.12. The minimum absolute atomic E-state index is 0.00261. The maximum absolute atomic E-state index is 12.0. The topological polar surface area (TPSA) is 47.6 Å². The van der Waals surface area contributed by atoms with Gasteiger partial charge in [-0.05, 0) is 30.5 Å². The Labute approximate surface area is 128 Å². The Morgan fingerprint density at radius 2 is 2.10 bits per heavy atom. The minimum Gasteiger partial charge on any atom is -0.497 e. The van der Waals surface area contributed by atoms with Crippen molar-refractivity contribution in [3.8, 4) is 11.5 Å². The summed E-state index contributed by atoms with van der Waals surface area (Å²) in [6, 6.07) is 9.37. The van der Waals surface area contributed by atoms with Gasteiger partial charge in [-0.3, -0.25) is 4.79 Å². The van der Waals surface area contributed by atoms with Crippen LogP contribution < -0.4 is 14.8 Å². The molecule has 112 valence electrons. The van der Waals surface area contributed by atoms with Crippen molar-refractivity contribution in [2.75, 3.05) is 14.2 Å². The zero-order valence-corrected chi connectivity index (χ0v) is 13.2. The van der Waals surface area contributed by atoms with Crippen LogP contribution in [0, 0.1) is 0 Å². The van der Waals surface area contributed by atoms with Gasteiger partial charge in [0.25, 0.3) is 0 Å². The second-order valence-electron chi connectivity index (χ2n) is 4.65. The van der Waals surface area contributed by atoms with Crippen molar-refractivity contribution in [2.24, 2.45) is 0 Å². The lowest BCUT2D eigenvalue weighted by atomic mass is 10.1. The molecule has 1 amide bonds. The standard InChI is InChI=1S/C16H19NO3S/c1-11(17-16(18)10-13-5-4-8-21-13)14-7-6-12(19-2)9-15(14)20-3/h4-9,11H,10H2,1-3H3,(H,17,18). The second-order valence-corrected chi connectivity index (χ2v) is 5.69. The molecule has 1 atom stereocenters. The van der Waals surface area contributed by atoms with Crippen molar-refractivity contribution in [2.45, 2.75) is 19.4 Å². The Morgan fingerprint density at radius 1 is 1.29 bits per heavy atom. The van der Waals surface area contributed by atoms with Crippen molar-refractivity contribution in [3.63, 3.8) is 0 Å². The summed E-state index contributed by atoms with van der Waals surface area (Å²) in [5.41, 5.74) is 0.929. The van der Waals surface area contributed by atoms with E-state index in [1.807, 2.05) is 42.6 Å². The number of thiophene rings is 1. The molecule has 1 heterocycles. The molecule has 2 rings (SSSR count). The number of rotatable bonds is 6. The van der Waals surface area contributed by atoms with Gasteiger partial charge in [0.05, 0.1) is 26.7 Å². The number of carbonyl (C=O) groups is 1. The minimum atomic E-state index is -0.127. The summed E-state index contributed by atoms with van der Waals surface area (Å²) in [5.74, 6) is 1.44. The number of carbonyl (C=O) groups excluding carboxylic acids is 1. The van der Waals surface area contributed by atoms with Gasteiger partial charge in [0.1, 0.15) is 11.5 Å². The van der Waals surface area contributed by atoms with E-state index in [0.717, 1.165) is 16.2 Å². The van der Waals surface area contributed by atoms with Crippen molar-refractivity contribution in [3.05, 3.63) is 46.2 Å². The van der Waals surface area contributed by atoms with E-state index in [2.05, 4.69) is 5.32 Å². The molecule has 1 N–H and O–H groups in total. The number of ether oxygens (including phenoxy) is 2. The highest BCUT2D eigenvalue weighted by Gasteiger charge is 2.15. The fourth-order valence-corrected chi connectivity index (χ4v) is 2.82. The van der Waals surface area contributed by atoms with Crippen LogP contribution >= 0.6 is 11.3 Å². The third-order valence-corrected chi connectivity index (χ3v) is 4.08. The van der Waals surface area contributed by atoms with Gasteiger partial charge >= 0.3 is 0 Å². The number of hydrogen-bond acceptors (Lipinski definition) is 4. The summed E-state index contributed by atoms with van der Waals surface area (Å²) in [6.07, 6.45) is 0.403. The Balaban J connectivity index is 2.05. The molecule has 0 saturated carbocycles. The average Bonchev–Trinajstić information content (AvgIpc) is 2.99. The molecular formula is C16H19NO3S. The van der Waals surface area contributed by atoms with Gasteiger partial charge < -0.3 is 14.8 Å². The lowest BCUT2D eigenvalue weighted by Gasteiger charge is -2.18. The van der Waals surface area contributed by atoms with Crippen LogP contribution in [-0.4, -0.2) is 20.1 Å². The number of amides is 1. The van der Waals surface area contributed by atoms with E-state index in [1.54, 1.807) is 25.6 Å². The molecular weight excluding hydrogens is 286 g/mol. The molecule has 0 aliphatic rings. The van der Waals surface area contributed by atoms with Crippen LogP contribution in [0.25, 0.3) is 0 Å². The van der Waals surface area contributed by atoms with E-state index in [1.165, 1.54) is 0 Å². The summed E-state index contributed by atoms with van der Waals surface area (Å²) >= 11 is 1.58. The molecule has 4 nitrogen and oxygen atoms in total. The zero-order chi connectivity index (χ0) is 15.2. The number of hydrogen-bond donors (Lipinski definition) is 1. The van der Waals surface area contributed by atoms with E-state index < -0.39 is 0 Å². The van der Waals surface area contributed by atoms with Crippen molar-refractivity contribution >= 4 is 17.2 Å². The smallest absolute Gasteiger partial charge is 0.225 e. The first-order chi connectivity index (χ1) is 10.1. The quantitative estimate of drug-likeness (QED) is 0.891. The van der Waals surface area contributed by atoms with E-state index in [0.29, 0.717) is 12.2 Å². The van der Waals surface area contributed by atoms with Crippen molar-refractivity contribution in [1.29, 1.82) is 0 Å². The first-order valence-corrected chi connectivity index (χ1v) is 7.55. The summed E-state index contributed by atoms with van der Waals surface area (Å²) < 4.78 is 10.5. The van der Waals surface area contributed by atoms with E-state index in [4.69, 9.17) is 9.47 Å². The van der Waals surface area contributed by atoms with Crippen LogP contribution in [0.4, 0.5) is 0 Å². The second kappa shape index (κ2) is 7.13. The lowest BCUT2D eigenvalue weighted by Crippen LogP contribution is -2.28. The highest BCUT2D eigenvalue weighted by Crippen LogP contribution is 2.29. The largest absolute Gasteiger partial charge is 0.497 e. The van der Waals surface area contributed by atoms with Crippen LogP contribution in [0.15, 0.2) is 35.7 Å². The molecule has 0 saturated heterocycles. The van der Waals surface area contributed by atoms with Crippen LogP contribution in [0.5, 0.6) is 11.5 Å². The summed E-state index contributed by atoms with van der Waals surface area (Å²) in [4.78, 5) is 13.1. The van der Waals surface area contributed by atoms with Crippen LogP contribution in [0.3, 0.4) is 0 Å². The Hall–Kier alpha value is -2.01. The number of methoxy groups -OCH3 is 2. The van der Waals surface area contributed by atoms with Gasteiger partial charge in [0.2, 0.25) is 5.91 Å². The van der Waals surface area contributed by atoms with Gasteiger partial charge in [0.15, 0.2) is 0 Å². The molecule has 1 aromatic heterocycles. The molecule has 0 radical (unpaired) electrons. The lowest BCUT2D eigenvalue weighted by molar-refractivity contribution is -0.121. The summed E-state index contributed by atoms with van der Waals surface area (Å²) in [5, 5.41) is 4.96. The normalized spacial score (nSPS) is 11.8. The van der Waals surface area contributed by atoms with Crippen LogP contribution in [-0.2, 0) is 11.2 Å². The van der Waals surface area contributed by atoms with Gasteiger partial charge in [0, 0.05) is 16.5 Å². The van der Waals surface area contributed by atoms with E-state index >= 15 is 0 Å². The first-order valence-electron chi connectivity index (χ1n) is 6.67. The van der Waals surface area contributed by atoms with Crippen molar-refractivity contribution < 1.29 is 14.3 Å². The highest BCUT2D eigenvalue weighted by atomic mass is 32.1. The Kier molecular flexibility index (Phi) is 5.22. The molecule has 0 spiro atoms. The SMILES string of the molecule is COc1ccc(C(C)NC(=O)Cc2cccs2)c(OC)c1. The third-order valence-electron chi connectivity index (χ3n) is 3.20. The van der Waals surface area contributed by atoms with Crippen molar-refractivity contribution in [1.82, 2.24) is 5.32 Å². The molecule has 5 heteroatoms. The highest BCUT2D eigenvalue weighted by molar-refractivity contribution is 7.10. The average molecular weight is 305 g/mol.